The predicted molar refractivity (Wildman–Crippen MR) is 52.4 cm³/mol. The average Bonchev–Trinajstić information content (AvgIpc) is 2.98. The molecule has 4 heteroatoms. The van der Waals surface area contributed by atoms with Crippen LogP contribution in [-0.2, 0) is 4.79 Å². The minimum absolute atomic E-state index is 0.103. The SMILES string of the molecule is O=C(O)C1(C(O)c2ccc(O)cc2)CC1. The first-order valence-corrected chi connectivity index (χ1v) is 4.77. The summed E-state index contributed by atoms with van der Waals surface area (Å²) >= 11 is 0. The molecule has 0 spiro atoms. The Bertz CT molecular complexity index is 378. The maximum atomic E-state index is 11.0. The molecule has 0 saturated heterocycles. The zero-order chi connectivity index (χ0) is 11.1. The van der Waals surface area contributed by atoms with E-state index in [1.807, 2.05) is 0 Å². The Labute approximate surface area is 86.8 Å². The Kier molecular flexibility index (Phi) is 2.16. The van der Waals surface area contributed by atoms with Gasteiger partial charge in [0.15, 0.2) is 0 Å². The van der Waals surface area contributed by atoms with Gasteiger partial charge in [-0.05, 0) is 30.5 Å². The predicted octanol–water partition coefficient (Wildman–Crippen LogP) is 1.29. The van der Waals surface area contributed by atoms with Gasteiger partial charge in [0.2, 0.25) is 0 Å². The van der Waals surface area contributed by atoms with Crippen molar-refractivity contribution in [3.05, 3.63) is 29.8 Å². The lowest BCUT2D eigenvalue weighted by Gasteiger charge is -2.18. The summed E-state index contributed by atoms with van der Waals surface area (Å²) < 4.78 is 0. The molecule has 1 unspecified atom stereocenters. The zero-order valence-corrected chi connectivity index (χ0v) is 8.05. The highest BCUT2D eigenvalue weighted by Crippen LogP contribution is 2.55. The van der Waals surface area contributed by atoms with Gasteiger partial charge in [0.05, 0.1) is 11.5 Å². The molecule has 0 heterocycles. The van der Waals surface area contributed by atoms with Crippen LogP contribution in [0.15, 0.2) is 24.3 Å². The lowest BCUT2D eigenvalue weighted by Crippen LogP contribution is -2.23. The number of carboxylic acid groups (broad SMARTS) is 1. The topological polar surface area (TPSA) is 77.8 Å². The number of aromatic hydroxyl groups is 1. The Morgan fingerprint density at radius 1 is 1.27 bits per heavy atom. The highest BCUT2D eigenvalue weighted by atomic mass is 16.4. The minimum atomic E-state index is -1.00. The third-order valence-electron chi connectivity index (χ3n) is 2.95. The maximum Gasteiger partial charge on any atom is 0.312 e. The van der Waals surface area contributed by atoms with E-state index in [1.54, 1.807) is 12.1 Å². The summed E-state index contributed by atoms with van der Waals surface area (Å²) in [6, 6.07) is 5.97. The molecule has 0 bridgehead atoms. The molecule has 1 fully saturated rings. The summed E-state index contributed by atoms with van der Waals surface area (Å²) in [6.45, 7) is 0. The van der Waals surface area contributed by atoms with E-state index >= 15 is 0 Å². The van der Waals surface area contributed by atoms with Gasteiger partial charge in [-0.3, -0.25) is 4.79 Å². The normalized spacial score (nSPS) is 19.5. The van der Waals surface area contributed by atoms with Crippen molar-refractivity contribution in [1.29, 1.82) is 0 Å². The van der Waals surface area contributed by atoms with Gasteiger partial charge in [0.25, 0.3) is 0 Å². The first-order chi connectivity index (χ1) is 7.06. The number of carboxylic acids is 1. The smallest absolute Gasteiger partial charge is 0.312 e. The largest absolute Gasteiger partial charge is 0.508 e. The van der Waals surface area contributed by atoms with Crippen LogP contribution in [0.4, 0.5) is 0 Å². The number of rotatable bonds is 3. The molecule has 1 aliphatic carbocycles. The Hall–Kier alpha value is -1.55. The van der Waals surface area contributed by atoms with Gasteiger partial charge in [-0.2, -0.15) is 0 Å². The molecule has 80 valence electrons. The van der Waals surface area contributed by atoms with Crippen LogP contribution in [0.25, 0.3) is 0 Å². The van der Waals surface area contributed by atoms with Crippen LogP contribution in [0.5, 0.6) is 5.75 Å². The highest BCUT2D eigenvalue weighted by Gasteiger charge is 2.56. The molecule has 0 aromatic heterocycles. The van der Waals surface area contributed by atoms with E-state index in [0.717, 1.165) is 0 Å². The van der Waals surface area contributed by atoms with E-state index in [4.69, 9.17) is 10.2 Å². The first-order valence-electron chi connectivity index (χ1n) is 4.77. The van der Waals surface area contributed by atoms with E-state index in [-0.39, 0.29) is 5.75 Å². The van der Waals surface area contributed by atoms with Gasteiger partial charge in [0.1, 0.15) is 5.75 Å². The van der Waals surface area contributed by atoms with E-state index in [1.165, 1.54) is 12.1 Å². The van der Waals surface area contributed by atoms with Crippen LogP contribution in [0.2, 0.25) is 0 Å². The minimum Gasteiger partial charge on any atom is -0.508 e. The molecule has 0 aliphatic heterocycles. The fourth-order valence-electron chi connectivity index (χ4n) is 1.71. The second-order valence-electron chi connectivity index (χ2n) is 3.96. The van der Waals surface area contributed by atoms with Gasteiger partial charge in [0, 0.05) is 0 Å². The van der Waals surface area contributed by atoms with Gasteiger partial charge >= 0.3 is 5.97 Å². The number of carbonyl (C=O) groups is 1. The molecule has 15 heavy (non-hydrogen) atoms. The van der Waals surface area contributed by atoms with Crippen LogP contribution in [0.1, 0.15) is 24.5 Å². The van der Waals surface area contributed by atoms with E-state index in [2.05, 4.69) is 0 Å². The second-order valence-corrected chi connectivity index (χ2v) is 3.96. The summed E-state index contributed by atoms with van der Waals surface area (Å²) in [7, 11) is 0. The Morgan fingerprint density at radius 3 is 2.20 bits per heavy atom. The summed E-state index contributed by atoms with van der Waals surface area (Å²) in [5, 5.41) is 28.0. The fourth-order valence-corrected chi connectivity index (χ4v) is 1.71. The monoisotopic (exact) mass is 208 g/mol. The van der Waals surface area contributed by atoms with Gasteiger partial charge in [-0.25, -0.2) is 0 Å². The molecule has 1 saturated carbocycles. The van der Waals surface area contributed by atoms with Crippen molar-refractivity contribution in [3.63, 3.8) is 0 Å². The standard InChI is InChI=1S/C11H12O4/c12-8-3-1-7(2-4-8)9(13)11(5-6-11)10(14)15/h1-4,9,12-13H,5-6H2,(H,14,15). The molecular formula is C11H12O4. The molecule has 1 aliphatic rings. The Morgan fingerprint density at radius 2 is 1.80 bits per heavy atom. The van der Waals surface area contributed by atoms with Crippen molar-refractivity contribution in [1.82, 2.24) is 0 Å². The first kappa shape index (κ1) is 9.98. The molecule has 4 nitrogen and oxygen atoms in total. The number of benzene rings is 1. The van der Waals surface area contributed by atoms with Crippen LogP contribution in [0, 0.1) is 5.41 Å². The summed E-state index contributed by atoms with van der Waals surface area (Å²) in [5.74, 6) is -0.853. The molecule has 0 radical (unpaired) electrons. The maximum absolute atomic E-state index is 11.0. The summed E-state index contributed by atoms with van der Waals surface area (Å²) in [4.78, 5) is 11.0. The van der Waals surface area contributed by atoms with Crippen LogP contribution >= 0.6 is 0 Å². The number of aliphatic hydroxyl groups excluding tert-OH is 1. The number of phenolic OH excluding ortho intramolecular Hbond substituents is 1. The van der Waals surface area contributed by atoms with Crippen molar-refractivity contribution in [2.24, 2.45) is 5.41 Å². The lowest BCUT2D eigenvalue weighted by atomic mass is 9.93. The van der Waals surface area contributed by atoms with E-state index < -0.39 is 17.5 Å². The van der Waals surface area contributed by atoms with Crippen molar-refractivity contribution < 1.29 is 20.1 Å². The van der Waals surface area contributed by atoms with Gasteiger partial charge in [-0.1, -0.05) is 12.1 Å². The number of phenols is 1. The zero-order valence-electron chi connectivity index (χ0n) is 8.05. The second kappa shape index (κ2) is 3.24. The van der Waals surface area contributed by atoms with E-state index in [9.17, 15) is 9.90 Å². The van der Waals surface area contributed by atoms with Gasteiger partial charge < -0.3 is 15.3 Å². The van der Waals surface area contributed by atoms with Crippen molar-refractivity contribution >= 4 is 5.97 Å². The molecule has 3 N–H and O–H groups in total. The molecular weight excluding hydrogens is 196 g/mol. The number of aliphatic carboxylic acids is 1. The fraction of sp³-hybridized carbons (Fsp3) is 0.364. The van der Waals surface area contributed by atoms with Crippen molar-refractivity contribution in [3.8, 4) is 5.75 Å². The van der Waals surface area contributed by atoms with Crippen LogP contribution in [0.3, 0.4) is 0 Å². The van der Waals surface area contributed by atoms with Gasteiger partial charge in [-0.15, -0.1) is 0 Å². The van der Waals surface area contributed by atoms with Crippen molar-refractivity contribution in [2.45, 2.75) is 18.9 Å². The molecule has 1 atom stereocenters. The van der Waals surface area contributed by atoms with E-state index in [0.29, 0.717) is 18.4 Å². The highest BCUT2D eigenvalue weighted by molar-refractivity contribution is 5.79. The van der Waals surface area contributed by atoms with Crippen LogP contribution < -0.4 is 0 Å². The van der Waals surface area contributed by atoms with Crippen LogP contribution in [-0.4, -0.2) is 21.3 Å². The third-order valence-corrected chi connectivity index (χ3v) is 2.95. The average molecular weight is 208 g/mol. The lowest BCUT2D eigenvalue weighted by molar-refractivity contribution is -0.148. The quantitative estimate of drug-likeness (QED) is 0.699. The summed E-state index contributed by atoms with van der Waals surface area (Å²) in [5.41, 5.74) is -0.468. The number of hydrogen-bond donors (Lipinski definition) is 3. The number of hydrogen-bond acceptors (Lipinski definition) is 3. The molecule has 2 rings (SSSR count). The third kappa shape index (κ3) is 1.57. The summed E-state index contributed by atoms with van der Waals surface area (Å²) in [6.07, 6.45) is 0.0185. The molecule has 1 aromatic carbocycles. The number of aliphatic hydroxyl groups is 1. The molecule has 0 amide bonds. The Balaban J connectivity index is 2.25. The molecule has 1 aromatic rings. The van der Waals surface area contributed by atoms with Crippen molar-refractivity contribution in [2.75, 3.05) is 0 Å².